The molecule has 1 aliphatic rings. The van der Waals surface area contributed by atoms with Crippen LogP contribution in [0, 0.1) is 5.92 Å². The first-order valence-electron chi connectivity index (χ1n) is 9.71. The van der Waals surface area contributed by atoms with Gasteiger partial charge in [-0.2, -0.15) is 4.68 Å². The van der Waals surface area contributed by atoms with Crippen molar-refractivity contribution in [2.24, 2.45) is 5.92 Å². The van der Waals surface area contributed by atoms with Crippen LogP contribution in [0.25, 0.3) is 5.70 Å². The molecule has 2 atom stereocenters. The fraction of sp³-hybridized carbons (Fsp3) is 0.350. The van der Waals surface area contributed by atoms with Crippen LogP contribution in [0.1, 0.15) is 30.6 Å². The van der Waals surface area contributed by atoms with Crippen LogP contribution < -0.4 is 15.3 Å². The Hall–Kier alpha value is -3.83. The molecule has 0 spiro atoms. The van der Waals surface area contributed by atoms with Gasteiger partial charge in [-0.05, 0) is 41.1 Å². The van der Waals surface area contributed by atoms with Crippen molar-refractivity contribution < 1.29 is 28.2 Å². The molecule has 1 aromatic heterocycles. The van der Waals surface area contributed by atoms with E-state index in [2.05, 4.69) is 10.4 Å². The molecule has 0 saturated carbocycles. The molecule has 1 amide bonds. The molecule has 170 valence electrons. The molecule has 0 fully saturated rings. The third kappa shape index (κ3) is 4.03. The lowest BCUT2D eigenvalue weighted by atomic mass is 9.97. The topological polar surface area (TPSA) is 120 Å². The van der Waals surface area contributed by atoms with Crippen molar-refractivity contribution >= 4 is 23.4 Å². The van der Waals surface area contributed by atoms with Crippen LogP contribution >= 0.6 is 0 Å². The van der Waals surface area contributed by atoms with Crippen molar-refractivity contribution in [1.29, 1.82) is 0 Å². The molecule has 1 heterocycles. The molecule has 1 aromatic carbocycles. The van der Waals surface area contributed by atoms with E-state index in [1.54, 1.807) is 6.92 Å². The highest BCUT2D eigenvalue weighted by Crippen LogP contribution is 2.31. The van der Waals surface area contributed by atoms with Crippen molar-refractivity contribution in [1.82, 2.24) is 19.8 Å². The quantitative estimate of drug-likeness (QED) is 0.674. The Morgan fingerprint density at radius 3 is 2.66 bits per heavy atom. The number of carboxylic acid groups (broad SMARTS) is 1. The van der Waals surface area contributed by atoms with Gasteiger partial charge < -0.3 is 9.84 Å². The van der Waals surface area contributed by atoms with Gasteiger partial charge in [-0.15, -0.1) is 4.68 Å². The van der Waals surface area contributed by atoms with Gasteiger partial charge in [-0.3, -0.25) is 4.90 Å². The number of carboxylic acids is 1. The summed E-state index contributed by atoms with van der Waals surface area (Å²) in [5.74, 6) is -2.76. The van der Waals surface area contributed by atoms with Gasteiger partial charge in [0.2, 0.25) is 0 Å². The molecule has 3 rings (SSSR count). The highest BCUT2D eigenvalue weighted by atomic mass is 19.1. The lowest BCUT2D eigenvalue weighted by Crippen LogP contribution is -2.42. The Morgan fingerprint density at radius 2 is 2.03 bits per heavy atom. The number of hydrogen-bond donors (Lipinski definition) is 1. The molecular formula is C20H21F2N5O5. The molecule has 2 aromatic rings. The van der Waals surface area contributed by atoms with Crippen molar-refractivity contribution in [3.8, 4) is 5.75 Å². The summed E-state index contributed by atoms with van der Waals surface area (Å²) in [6.07, 6.45) is 0.908. The maximum atomic E-state index is 14.6. The molecule has 0 saturated heterocycles. The first-order valence-corrected chi connectivity index (χ1v) is 9.71. The zero-order valence-electron chi connectivity index (χ0n) is 17.5. The first kappa shape index (κ1) is 22.8. The van der Waals surface area contributed by atoms with Gasteiger partial charge in [0.25, 0.3) is 0 Å². The largest absolute Gasteiger partial charge is 0.495 e. The van der Waals surface area contributed by atoms with Gasteiger partial charge in [0.1, 0.15) is 17.3 Å². The number of nitrogens with zero attached hydrogens (tertiary/aromatic N) is 5. The number of anilines is 1. The van der Waals surface area contributed by atoms with E-state index in [1.807, 2.05) is 0 Å². The van der Waals surface area contributed by atoms with Crippen LogP contribution in [0.4, 0.5) is 19.3 Å². The lowest BCUT2D eigenvalue weighted by molar-refractivity contribution is 0.0697. The first-order chi connectivity index (χ1) is 15.2. The third-order valence-corrected chi connectivity index (χ3v) is 4.90. The number of carbonyl (C=O) groups is 2. The molecule has 12 heteroatoms. The minimum Gasteiger partial charge on any atom is -0.495 e. The van der Waals surface area contributed by atoms with Crippen LogP contribution in [-0.2, 0) is 0 Å². The van der Waals surface area contributed by atoms with Crippen LogP contribution in [0.2, 0.25) is 0 Å². The predicted molar refractivity (Wildman–Crippen MR) is 110 cm³/mol. The molecule has 32 heavy (non-hydrogen) atoms. The summed E-state index contributed by atoms with van der Waals surface area (Å²) < 4.78 is 34.8. The highest BCUT2D eigenvalue weighted by molar-refractivity contribution is 5.97. The Labute approximate surface area is 181 Å². The Bertz CT molecular complexity index is 1170. The second-order valence-electron chi connectivity index (χ2n) is 7.06. The number of ether oxygens (including phenoxy) is 1. The third-order valence-electron chi connectivity index (χ3n) is 4.90. The monoisotopic (exact) mass is 449 g/mol. The number of tetrazole rings is 1. The van der Waals surface area contributed by atoms with E-state index in [0.29, 0.717) is 15.8 Å². The second-order valence-corrected chi connectivity index (χ2v) is 7.06. The van der Waals surface area contributed by atoms with E-state index < -0.39 is 41.3 Å². The number of allylic oxidation sites excluding steroid dienone is 4. The van der Waals surface area contributed by atoms with E-state index >= 15 is 0 Å². The Balaban J connectivity index is 2.08. The number of aromatic carboxylic acids is 1. The average Bonchev–Trinajstić information content (AvgIpc) is 3.15. The average molecular weight is 449 g/mol. The van der Waals surface area contributed by atoms with Gasteiger partial charge in [0.05, 0.1) is 18.4 Å². The molecular weight excluding hydrogens is 428 g/mol. The van der Waals surface area contributed by atoms with Gasteiger partial charge >= 0.3 is 17.7 Å². The number of methoxy groups -OCH3 is 1. The molecule has 0 bridgehead atoms. The van der Waals surface area contributed by atoms with E-state index in [9.17, 15) is 28.3 Å². The predicted octanol–water partition coefficient (Wildman–Crippen LogP) is 2.71. The van der Waals surface area contributed by atoms with Crippen molar-refractivity contribution in [3.63, 3.8) is 0 Å². The SMILES string of the molecule is CCCN(C(=O)n1nnn(C2=C(F)C=CC(C)C2F)c1=O)c1cc(C(=O)O)ccc1OC. The number of benzene rings is 1. The minimum absolute atomic E-state index is 0.0696. The maximum Gasteiger partial charge on any atom is 0.377 e. The summed E-state index contributed by atoms with van der Waals surface area (Å²) in [5, 5.41) is 16.3. The fourth-order valence-electron chi connectivity index (χ4n) is 3.23. The Morgan fingerprint density at radius 1 is 1.31 bits per heavy atom. The molecule has 0 radical (unpaired) electrons. The Kier molecular flexibility index (Phi) is 6.51. The van der Waals surface area contributed by atoms with E-state index in [4.69, 9.17) is 4.74 Å². The molecule has 1 aliphatic carbocycles. The molecule has 10 nitrogen and oxygen atoms in total. The molecule has 1 N–H and O–H groups in total. The van der Waals surface area contributed by atoms with Gasteiger partial charge in [0.15, 0.2) is 6.17 Å². The lowest BCUT2D eigenvalue weighted by Gasteiger charge is -2.23. The van der Waals surface area contributed by atoms with Gasteiger partial charge in [0, 0.05) is 12.5 Å². The van der Waals surface area contributed by atoms with E-state index in [-0.39, 0.29) is 23.5 Å². The summed E-state index contributed by atoms with van der Waals surface area (Å²) in [4.78, 5) is 38.5. The zero-order valence-corrected chi connectivity index (χ0v) is 17.5. The fourth-order valence-corrected chi connectivity index (χ4v) is 3.23. The minimum atomic E-state index is -1.86. The zero-order chi connectivity index (χ0) is 23.6. The number of hydrogen-bond acceptors (Lipinski definition) is 6. The summed E-state index contributed by atoms with van der Waals surface area (Å²) >= 11 is 0. The second kappa shape index (κ2) is 9.12. The molecule has 0 aliphatic heterocycles. The number of carbonyl (C=O) groups excluding carboxylic acids is 1. The number of amides is 1. The number of aromatic nitrogens is 4. The summed E-state index contributed by atoms with van der Waals surface area (Å²) in [6.45, 7) is 3.33. The normalized spacial score (nSPS) is 18.0. The van der Waals surface area contributed by atoms with Crippen molar-refractivity contribution in [2.75, 3.05) is 18.6 Å². The summed E-state index contributed by atoms with van der Waals surface area (Å²) in [7, 11) is 1.34. The van der Waals surface area contributed by atoms with Crippen molar-refractivity contribution in [2.45, 2.75) is 26.4 Å². The summed E-state index contributed by atoms with van der Waals surface area (Å²) in [6, 6.07) is 2.91. The van der Waals surface area contributed by atoms with Crippen LogP contribution in [-0.4, -0.2) is 56.7 Å². The van der Waals surface area contributed by atoms with Crippen LogP contribution in [0.15, 0.2) is 41.0 Å². The summed E-state index contributed by atoms with van der Waals surface area (Å²) in [5.41, 5.74) is -1.83. The van der Waals surface area contributed by atoms with Crippen LogP contribution in [0.5, 0.6) is 5.75 Å². The molecule has 2 unspecified atom stereocenters. The highest BCUT2D eigenvalue weighted by Gasteiger charge is 2.32. The number of rotatable bonds is 6. The number of alkyl halides is 1. The standard InChI is InChI=1S/C20H21F2N5O5/c1-4-9-25(14-10-12(18(28)29)6-8-15(14)32-3)19(30)27-20(31)26(23-24-27)17-13(21)7-5-11(2)16(17)22/h5-8,10-11,16H,4,9H2,1-3H3,(H,28,29). The maximum absolute atomic E-state index is 14.6. The van der Waals surface area contributed by atoms with Crippen LogP contribution in [0.3, 0.4) is 0 Å². The van der Waals surface area contributed by atoms with Gasteiger partial charge in [-0.1, -0.05) is 19.9 Å². The smallest absolute Gasteiger partial charge is 0.377 e. The van der Waals surface area contributed by atoms with Gasteiger partial charge in [-0.25, -0.2) is 23.2 Å². The van der Waals surface area contributed by atoms with Crippen molar-refractivity contribution in [3.05, 3.63) is 52.2 Å². The number of halogens is 2. The van der Waals surface area contributed by atoms with E-state index in [0.717, 1.165) is 11.0 Å². The van der Waals surface area contributed by atoms with E-state index in [1.165, 1.54) is 38.3 Å².